The average Bonchev–Trinajstić information content (AvgIpc) is 2.55. The average molecular weight is 295 g/mol. The lowest BCUT2D eigenvalue weighted by Crippen LogP contribution is -2.41. The summed E-state index contributed by atoms with van der Waals surface area (Å²) in [5.74, 6) is -0.474. The van der Waals surface area contributed by atoms with Gasteiger partial charge in [0.05, 0.1) is 11.2 Å². The molecule has 1 fully saturated rings. The van der Waals surface area contributed by atoms with Gasteiger partial charge >= 0.3 is 13.2 Å². The van der Waals surface area contributed by atoms with Gasteiger partial charge in [0.2, 0.25) is 0 Å². The van der Waals surface area contributed by atoms with E-state index < -0.39 is 30.2 Å². The number of amides is 1. The Kier molecular flexibility index (Phi) is 3.99. The number of hydrogen-bond acceptors (Lipinski definition) is 3. The van der Waals surface area contributed by atoms with E-state index in [2.05, 4.69) is 5.32 Å². The Balaban J connectivity index is 2.34. The first-order chi connectivity index (χ1) is 9.64. The number of halogens is 1. The number of nitrogens with one attached hydrogen (secondary N) is 1. The molecule has 1 amide bonds. The first-order valence-electron chi connectivity index (χ1n) is 6.74. The lowest BCUT2D eigenvalue weighted by atomic mass is 9.75. The normalized spacial score (nSPS) is 19.6. The molecule has 0 aromatic heterocycles. The summed E-state index contributed by atoms with van der Waals surface area (Å²) in [6.45, 7) is 7.50. The minimum absolute atomic E-state index is 0.00744. The van der Waals surface area contributed by atoms with Crippen LogP contribution in [-0.4, -0.2) is 29.5 Å². The summed E-state index contributed by atoms with van der Waals surface area (Å²) in [7, 11) is -0.859. The second-order valence-corrected chi connectivity index (χ2v) is 6.06. The van der Waals surface area contributed by atoms with Crippen molar-refractivity contribution in [1.82, 2.24) is 5.32 Å². The van der Waals surface area contributed by atoms with Crippen LogP contribution < -0.4 is 10.8 Å². The van der Waals surface area contributed by atoms with Gasteiger partial charge in [0, 0.05) is 12.0 Å². The molecule has 0 unspecified atom stereocenters. The predicted octanol–water partition coefficient (Wildman–Crippen LogP) is 1.89. The van der Waals surface area contributed by atoms with Crippen molar-refractivity contribution in [2.24, 2.45) is 0 Å². The quantitative estimate of drug-likeness (QED) is 0.836. The molecule has 0 atom stereocenters. The molecule has 0 spiro atoms. The van der Waals surface area contributed by atoms with E-state index in [9.17, 15) is 9.18 Å². The molecular weight excluding hydrogens is 276 g/mol. The van der Waals surface area contributed by atoms with E-state index >= 15 is 0 Å². The molecule has 1 saturated heterocycles. The van der Waals surface area contributed by atoms with Crippen LogP contribution in [0.15, 0.2) is 18.2 Å². The maximum atomic E-state index is 14.2. The zero-order chi connectivity index (χ0) is 15.8. The van der Waals surface area contributed by atoms with Crippen molar-refractivity contribution < 1.29 is 23.6 Å². The highest BCUT2D eigenvalue weighted by molar-refractivity contribution is 6.62. The van der Waals surface area contributed by atoms with Crippen molar-refractivity contribution >= 4 is 18.7 Å². The first-order valence-corrected chi connectivity index (χ1v) is 6.74. The van der Waals surface area contributed by atoms with Gasteiger partial charge in [-0.05, 0) is 39.3 Å². The molecule has 0 saturated carbocycles. The Bertz CT molecular complexity index is 546. The fourth-order valence-corrected chi connectivity index (χ4v) is 2.13. The van der Waals surface area contributed by atoms with Crippen LogP contribution in [0.25, 0.3) is 0 Å². The van der Waals surface area contributed by atoms with Crippen LogP contribution in [0.1, 0.15) is 33.3 Å². The highest BCUT2D eigenvalue weighted by Gasteiger charge is 2.52. The van der Waals surface area contributed by atoms with Gasteiger partial charge in [0.15, 0.2) is 0 Å². The number of hydrogen-bond donors (Lipinski definition) is 2. The summed E-state index contributed by atoms with van der Waals surface area (Å²) in [6.07, 6.45) is -1.17. The monoisotopic (exact) mass is 295 g/mol. The van der Waals surface area contributed by atoms with Crippen molar-refractivity contribution in [3.05, 3.63) is 29.6 Å². The highest BCUT2D eigenvalue weighted by atomic mass is 19.1. The Morgan fingerprint density at radius 2 is 1.86 bits per heavy atom. The van der Waals surface area contributed by atoms with Crippen molar-refractivity contribution in [3.63, 3.8) is 0 Å². The lowest BCUT2D eigenvalue weighted by Gasteiger charge is -2.32. The second-order valence-electron chi connectivity index (χ2n) is 6.06. The van der Waals surface area contributed by atoms with E-state index in [4.69, 9.17) is 14.4 Å². The highest BCUT2D eigenvalue weighted by Crippen LogP contribution is 2.36. The van der Waals surface area contributed by atoms with Crippen LogP contribution in [-0.2, 0) is 15.9 Å². The zero-order valence-corrected chi connectivity index (χ0v) is 12.6. The predicted molar refractivity (Wildman–Crippen MR) is 77.0 cm³/mol. The molecule has 0 aliphatic carbocycles. The summed E-state index contributed by atoms with van der Waals surface area (Å²) in [5, 5.41) is 10.9. The van der Waals surface area contributed by atoms with Gasteiger partial charge in [0.25, 0.3) is 0 Å². The fourth-order valence-electron chi connectivity index (χ4n) is 2.13. The Labute approximate surface area is 123 Å². The van der Waals surface area contributed by atoms with Gasteiger partial charge in [-0.1, -0.05) is 12.1 Å². The van der Waals surface area contributed by atoms with Gasteiger partial charge < -0.3 is 19.7 Å². The number of carboxylic acid groups (broad SMARTS) is 1. The maximum absolute atomic E-state index is 14.2. The Hall–Kier alpha value is -1.60. The summed E-state index contributed by atoms with van der Waals surface area (Å²) in [6, 6.07) is 4.49. The standard InChI is InChI=1S/C14H19BFNO4/c1-13(2)14(3,4)21-15(20-13)11-9(8-17-12(18)19)6-5-7-10(11)16/h5-7,17H,8H2,1-4H3,(H,18,19). The molecule has 0 bridgehead atoms. The molecular formula is C14H19BFNO4. The van der Waals surface area contributed by atoms with Crippen LogP contribution >= 0.6 is 0 Å². The molecule has 5 nitrogen and oxygen atoms in total. The van der Waals surface area contributed by atoms with Crippen molar-refractivity contribution in [2.75, 3.05) is 0 Å². The van der Waals surface area contributed by atoms with Crippen LogP contribution in [0.3, 0.4) is 0 Å². The van der Waals surface area contributed by atoms with Crippen molar-refractivity contribution in [2.45, 2.75) is 45.4 Å². The molecule has 0 radical (unpaired) electrons. The summed E-state index contributed by atoms with van der Waals surface area (Å²) < 4.78 is 25.9. The molecule has 2 rings (SSSR count). The SMILES string of the molecule is CC1(C)OB(c2c(F)cccc2CNC(=O)O)OC1(C)C. The number of benzene rings is 1. The smallest absolute Gasteiger partial charge is 0.465 e. The Morgan fingerprint density at radius 3 is 2.38 bits per heavy atom. The summed E-state index contributed by atoms with van der Waals surface area (Å²) in [4.78, 5) is 10.6. The molecule has 1 aromatic carbocycles. The van der Waals surface area contributed by atoms with Crippen LogP contribution in [0.5, 0.6) is 0 Å². The van der Waals surface area contributed by atoms with Crippen LogP contribution in [0.2, 0.25) is 0 Å². The molecule has 1 aromatic rings. The first kappa shape index (κ1) is 15.8. The molecule has 7 heteroatoms. The van der Waals surface area contributed by atoms with E-state index in [0.717, 1.165) is 0 Å². The second kappa shape index (κ2) is 5.31. The van der Waals surface area contributed by atoms with Crippen molar-refractivity contribution in [1.29, 1.82) is 0 Å². The third-order valence-electron chi connectivity index (χ3n) is 4.06. The summed E-state index contributed by atoms with van der Waals surface area (Å²) in [5.41, 5.74) is -0.435. The van der Waals surface area contributed by atoms with Crippen LogP contribution in [0, 0.1) is 5.82 Å². The topological polar surface area (TPSA) is 67.8 Å². The van der Waals surface area contributed by atoms with Crippen molar-refractivity contribution in [3.8, 4) is 0 Å². The fraction of sp³-hybridized carbons (Fsp3) is 0.500. The minimum atomic E-state index is -1.17. The zero-order valence-electron chi connectivity index (χ0n) is 12.6. The van der Waals surface area contributed by atoms with Gasteiger partial charge in [-0.25, -0.2) is 9.18 Å². The van der Waals surface area contributed by atoms with E-state index in [1.165, 1.54) is 12.1 Å². The van der Waals surface area contributed by atoms with Crippen LogP contribution in [0.4, 0.5) is 9.18 Å². The molecule has 21 heavy (non-hydrogen) atoms. The molecule has 114 valence electrons. The van der Waals surface area contributed by atoms with E-state index in [1.807, 2.05) is 27.7 Å². The maximum Gasteiger partial charge on any atom is 0.498 e. The van der Waals surface area contributed by atoms with E-state index in [-0.39, 0.29) is 12.0 Å². The largest absolute Gasteiger partial charge is 0.498 e. The third-order valence-corrected chi connectivity index (χ3v) is 4.06. The number of carbonyl (C=O) groups is 1. The van der Waals surface area contributed by atoms with Gasteiger partial charge in [-0.2, -0.15) is 0 Å². The van der Waals surface area contributed by atoms with Gasteiger partial charge in [-0.15, -0.1) is 0 Å². The lowest BCUT2D eigenvalue weighted by molar-refractivity contribution is 0.00578. The molecule has 1 heterocycles. The molecule has 2 N–H and O–H groups in total. The summed E-state index contributed by atoms with van der Waals surface area (Å²) >= 11 is 0. The Morgan fingerprint density at radius 1 is 1.29 bits per heavy atom. The molecule has 1 aliphatic heterocycles. The van der Waals surface area contributed by atoms with E-state index in [1.54, 1.807) is 6.07 Å². The van der Waals surface area contributed by atoms with Gasteiger partial charge in [-0.3, -0.25) is 0 Å². The van der Waals surface area contributed by atoms with E-state index in [0.29, 0.717) is 5.56 Å². The van der Waals surface area contributed by atoms with Gasteiger partial charge in [0.1, 0.15) is 5.82 Å². The minimum Gasteiger partial charge on any atom is -0.465 e. The molecule has 1 aliphatic rings. The number of rotatable bonds is 3. The third kappa shape index (κ3) is 3.03.